The van der Waals surface area contributed by atoms with Gasteiger partial charge in [-0.3, -0.25) is 14.5 Å². The summed E-state index contributed by atoms with van der Waals surface area (Å²) in [5.41, 5.74) is 0.717. The summed E-state index contributed by atoms with van der Waals surface area (Å²) in [6.07, 6.45) is 3.71. The lowest BCUT2D eigenvalue weighted by molar-refractivity contribution is -0.115. The predicted molar refractivity (Wildman–Crippen MR) is 64.6 cm³/mol. The molecule has 0 aliphatic carbocycles. The third kappa shape index (κ3) is 2.01. The quantitative estimate of drug-likeness (QED) is 0.875. The number of carbonyl (C=O) groups is 1. The van der Waals surface area contributed by atoms with Crippen LogP contribution in [0.4, 0.5) is 5.95 Å². The number of thioether (sulfide) groups is 1. The van der Waals surface area contributed by atoms with Crippen molar-refractivity contribution >= 4 is 29.3 Å². The number of nitrogens with zero attached hydrogens (tertiary/aromatic N) is 3. The highest BCUT2D eigenvalue weighted by Gasteiger charge is 2.14. The van der Waals surface area contributed by atoms with Crippen molar-refractivity contribution in [3.8, 4) is 0 Å². The van der Waals surface area contributed by atoms with Crippen LogP contribution in [0, 0.1) is 0 Å². The Morgan fingerprint density at radius 3 is 3.06 bits per heavy atom. The number of carbonyl (C=O) groups excluding carboxylic acids is 1. The minimum absolute atomic E-state index is 0.0642. The van der Waals surface area contributed by atoms with Crippen molar-refractivity contribution in [3.05, 3.63) is 24.4 Å². The molecule has 5 nitrogen and oxygen atoms in total. The zero-order valence-electron chi connectivity index (χ0n) is 9.04. The monoisotopic (exact) mass is 236 g/mol. The van der Waals surface area contributed by atoms with Crippen LogP contribution in [0.1, 0.15) is 6.92 Å². The van der Waals surface area contributed by atoms with E-state index in [1.807, 2.05) is 37.6 Å². The SMILES string of the molecule is CSC(C)C(=O)Nc1nnc2ccccn12. The van der Waals surface area contributed by atoms with Gasteiger partial charge in [0.1, 0.15) is 0 Å². The van der Waals surface area contributed by atoms with Crippen LogP contribution in [0.25, 0.3) is 5.65 Å². The summed E-state index contributed by atoms with van der Waals surface area (Å²) in [5.74, 6) is 0.396. The molecule has 0 aliphatic rings. The Morgan fingerprint density at radius 2 is 2.31 bits per heavy atom. The Kier molecular flexibility index (Phi) is 3.09. The Labute approximate surface area is 97.3 Å². The maximum absolute atomic E-state index is 11.7. The number of pyridine rings is 1. The predicted octanol–water partition coefficient (Wildman–Crippen LogP) is 1.42. The number of anilines is 1. The molecule has 16 heavy (non-hydrogen) atoms. The lowest BCUT2D eigenvalue weighted by Crippen LogP contribution is -2.23. The van der Waals surface area contributed by atoms with Gasteiger partial charge in [-0.2, -0.15) is 11.8 Å². The Morgan fingerprint density at radius 1 is 1.50 bits per heavy atom. The summed E-state index contributed by atoms with van der Waals surface area (Å²) in [5, 5.41) is 10.5. The van der Waals surface area contributed by atoms with Crippen LogP contribution in [0.2, 0.25) is 0 Å². The average Bonchev–Trinajstić information content (AvgIpc) is 2.72. The largest absolute Gasteiger partial charge is 0.293 e. The van der Waals surface area contributed by atoms with Crippen molar-refractivity contribution in [2.45, 2.75) is 12.2 Å². The summed E-state index contributed by atoms with van der Waals surface area (Å²) in [6, 6.07) is 5.57. The topological polar surface area (TPSA) is 59.3 Å². The summed E-state index contributed by atoms with van der Waals surface area (Å²) in [6.45, 7) is 1.85. The molecule has 1 amide bonds. The number of rotatable bonds is 3. The number of hydrogen-bond acceptors (Lipinski definition) is 4. The first-order valence-corrected chi connectivity index (χ1v) is 6.14. The fraction of sp³-hybridized carbons (Fsp3) is 0.300. The van der Waals surface area contributed by atoms with E-state index in [2.05, 4.69) is 15.5 Å². The van der Waals surface area contributed by atoms with Gasteiger partial charge in [-0.1, -0.05) is 6.07 Å². The number of aromatic nitrogens is 3. The molecule has 0 aliphatic heterocycles. The molecule has 84 valence electrons. The van der Waals surface area contributed by atoms with Crippen LogP contribution < -0.4 is 5.32 Å². The zero-order chi connectivity index (χ0) is 11.5. The second-order valence-corrected chi connectivity index (χ2v) is 4.50. The molecule has 1 atom stereocenters. The first-order valence-electron chi connectivity index (χ1n) is 4.86. The van der Waals surface area contributed by atoms with Crippen LogP contribution in [-0.2, 0) is 4.79 Å². The van der Waals surface area contributed by atoms with E-state index in [1.54, 1.807) is 4.40 Å². The van der Waals surface area contributed by atoms with Gasteiger partial charge in [-0.05, 0) is 25.3 Å². The van der Waals surface area contributed by atoms with Gasteiger partial charge in [0.15, 0.2) is 5.65 Å². The third-order valence-electron chi connectivity index (χ3n) is 2.27. The standard InChI is InChI=1S/C10H12N4OS/c1-7(16-2)9(15)11-10-13-12-8-5-3-4-6-14(8)10/h3-7H,1-2H3,(H,11,13,15). The van der Waals surface area contributed by atoms with Gasteiger partial charge in [0.2, 0.25) is 11.9 Å². The molecule has 0 radical (unpaired) electrons. The van der Waals surface area contributed by atoms with Crippen molar-refractivity contribution in [2.75, 3.05) is 11.6 Å². The Hall–Kier alpha value is -1.56. The minimum atomic E-state index is -0.101. The molecule has 6 heteroatoms. The van der Waals surface area contributed by atoms with E-state index in [0.29, 0.717) is 5.95 Å². The first kappa shape index (κ1) is 10.9. The van der Waals surface area contributed by atoms with Crippen LogP contribution in [0.15, 0.2) is 24.4 Å². The van der Waals surface area contributed by atoms with E-state index in [9.17, 15) is 4.79 Å². The molecule has 0 spiro atoms. The van der Waals surface area contributed by atoms with E-state index in [4.69, 9.17) is 0 Å². The number of hydrogen-bond donors (Lipinski definition) is 1. The van der Waals surface area contributed by atoms with Crippen molar-refractivity contribution < 1.29 is 4.79 Å². The van der Waals surface area contributed by atoms with Crippen molar-refractivity contribution in [2.24, 2.45) is 0 Å². The molecular formula is C10H12N4OS. The Bertz CT molecular complexity index is 510. The number of amides is 1. The van der Waals surface area contributed by atoms with Gasteiger partial charge in [0.05, 0.1) is 5.25 Å². The average molecular weight is 236 g/mol. The lowest BCUT2D eigenvalue weighted by atomic mass is 10.4. The second-order valence-electron chi connectivity index (χ2n) is 3.32. The van der Waals surface area contributed by atoms with E-state index in [0.717, 1.165) is 5.65 Å². The highest BCUT2D eigenvalue weighted by atomic mass is 32.2. The van der Waals surface area contributed by atoms with Crippen LogP contribution >= 0.6 is 11.8 Å². The molecule has 2 rings (SSSR count). The number of nitrogens with one attached hydrogen (secondary N) is 1. The van der Waals surface area contributed by atoms with E-state index >= 15 is 0 Å². The van der Waals surface area contributed by atoms with E-state index in [1.165, 1.54) is 11.8 Å². The fourth-order valence-corrected chi connectivity index (χ4v) is 1.52. The molecule has 0 saturated carbocycles. The van der Waals surface area contributed by atoms with Crippen LogP contribution in [-0.4, -0.2) is 32.0 Å². The van der Waals surface area contributed by atoms with Crippen LogP contribution in [0.3, 0.4) is 0 Å². The molecule has 0 bridgehead atoms. The molecule has 1 unspecified atom stereocenters. The molecule has 2 heterocycles. The maximum atomic E-state index is 11.7. The number of fused-ring (bicyclic) bond motifs is 1. The second kappa shape index (κ2) is 4.52. The van der Waals surface area contributed by atoms with Crippen molar-refractivity contribution in [1.82, 2.24) is 14.6 Å². The zero-order valence-corrected chi connectivity index (χ0v) is 9.86. The highest BCUT2D eigenvalue weighted by molar-refractivity contribution is 7.99. The highest BCUT2D eigenvalue weighted by Crippen LogP contribution is 2.11. The first-order chi connectivity index (χ1) is 7.72. The molecular weight excluding hydrogens is 224 g/mol. The molecule has 0 aromatic carbocycles. The van der Waals surface area contributed by atoms with Gasteiger partial charge in [-0.15, -0.1) is 10.2 Å². The van der Waals surface area contributed by atoms with Gasteiger partial charge in [-0.25, -0.2) is 0 Å². The van der Waals surface area contributed by atoms with Gasteiger partial charge < -0.3 is 0 Å². The van der Waals surface area contributed by atoms with Crippen molar-refractivity contribution in [3.63, 3.8) is 0 Å². The van der Waals surface area contributed by atoms with Gasteiger partial charge in [0.25, 0.3) is 0 Å². The lowest BCUT2D eigenvalue weighted by Gasteiger charge is -2.07. The molecule has 0 fully saturated rings. The molecule has 0 saturated heterocycles. The van der Waals surface area contributed by atoms with Crippen LogP contribution in [0.5, 0.6) is 0 Å². The summed E-state index contributed by atoms with van der Waals surface area (Å²) in [7, 11) is 0. The Balaban J connectivity index is 2.25. The fourth-order valence-electron chi connectivity index (χ4n) is 1.25. The van der Waals surface area contributed by atoms with E-state index < -0.39 is 0 Å². The summed E-state index contributed by atoms with van der Waals surface area (Å²) < 4.78 is 1.74. The minimum Gasteiger partial charge on any atom is -0.293 e. The van der Waals surface area contributed by atoms with Gasteiger partial charge >= 0.3 is 0 Å². The normalized spacial score (nSPS) is 12.6. The molecule has 2 aromatic rings. The van der Waals surface area contributed by atoms with E-state index in [-0.39, 0.29) is 11.2 Å². The molecule has 2 aromatic heterocycles. The maximum Gasteiger partial charge on any atom is 0.239 e. The summed E-state index contributed by atoms with van der Waals surface area (Å²) in [4.78, 5) is 11.7. The van der Waals surface area contributed by atoms with Crippen molar-refractivity contribution in [1.29, 1.82) is 0 Å². The van der Waals surface area contributed by atoms with Gasteiger partial charge in [0, 0.05) is 6.20 Å². The summed E-state index contributed by atoms with van der Waals surface area (Å²) >= 11 is 1.49. The third-order valence-corrected chi connectivity index (χ3v) is 3.19. The smallest absolute Gasteiger partial charge is 0.239 e. The molecule has 1 N–H and O–H groups in total.